The van der Waals surface area contributed by atoms with E-state index in [1.165, 1.54) is 0 Å². The fraction of sp³-hybridized carbons (Fsp3) is 0.818. The monoisotopic (exact) mass is 244 g/mol. The standard InChI is InChI=1S/C11H20N2O4/c1-6(2)9(11(15)16)13-10(14)8-4-3-7(5-12)17-8/h6-9H,3-5,12H2,1-2H3,(H,13,14)(H,15,16). The van der Waals surface area contributed by atoms with Crippen LogP contribution in [0.4, 0.5) is 0 Å². The van der Waals surface area contributed by atoms with Crippen molar-refractivity contribution in [3.63, 3.8) is 0 Å². The minimum absolute atomic E-state index is 0.0897. The van der Waals surface area contributed by atoms with E-state index in [2.05, 4.69) is 5.32 Å². The van der Waals surface area contributed by atoms with E-state index < -0.39 is 18.1 Å². The molecule has 0 aromatic carbocycles. The Morgan fingerprint density at radius 1 is 1.47 bits per heavy atom. The zero-order chi connectivity index (χ0) is 13.0. The zero-order valence-electron chi connectivity index (χ0n) is 10.2. The summed E-state index contributed by atoms with van der Waals surface area (Å²) >= 11 is 0. The van der Waals surface area contributed by atoms with Crippen LogP contribution in [0.2, 0.25) is 0 Å². The van der Waals surface area contributed by atoms with Crippen molar-refractivity contribution >= 4 is 11.9 Å². The van der Waals surface area contributed by atoms with Crippen LogP contribution in [0.1, 0.15) is 26.7 Å². The maximum atomic E-state index is 11.8. The van der Waals surface area contributed by atoms with Crippen molar-refractivity contribution in [2.24, 2.45) is 11.7 Å². The summed E-state index contributed by atoms with van der Waals surface area (Å²) in [5.74, 6) is -1.55. The molecule has 17 heavy (non-hydrogen) atoms. The molecule has 1 saturated heterocycles. The maximum Gasteiger partial charge on any atom is 0.326 e. The lowest BCUT2D eigenvalue weighted by Gasteiger charge is -2.20. The van der Waals surface area contributed by atoms with Gasteiger partial charge in [0, 0.05) is 6.54 Å². The van der Waals surface area contributed by atoms with E-state index >= 15 is 0 Å². The van der Waals surface area contributed by atoms with Gasteiger partial charge in [-0.1, -0.05) is 13.8 Å². The molecule has 98 valence electrons. The summed E-state index contributed by atoms with van der Waals surface area (Å²) < 4.78 is 5.40. The van der Waals surface area contributed by atoms with Crippen LogP contribution < -0.4 is 11.1 Å². The van der Waals surface area contributed by atoms with E-state index in [4.69, 9.17) is 15.6 Å². The molecule has 0 aliphatic carbocycles. The fourth-order valence-electron chi connectivity index (χ4n) is 1.83. The summed E-state index contributed by atoms with van der Waals surface area (Å²) in [6.45, 7) is 3.88. The molecule has 1 heterocycles. The Labute approximate surface area is 101 Å². The highest BCUT2D eigenvalue weighted by Gasteiger charge is 2.33. The predicted octanol–water partition coefficient (Wildman–Crippen LogP) is -0.282. The molecule has 0 aromatic heterocycles. The third-order valence-corrected chi connectivity index (χ3v) is 2.89. The molecule has 6 heteroatoms. The van der Waals surface area contributed by atoms with E-state index in [0.29, 0.717) is 13.0 Å². The Morgan fingerprint density at radius 3 is 2.53 bits per heavy atom. The largest absolute Gasteiger partial charge is 0.480 e. The molecule has 0 spiro atoms. The first kappa shape index (κ1) is 13.9. The molecule has 1 rings (SSSR count). The number of carbonyl (C=O) groups is 2. The number of aliphatic carboxylic acids is 1. The summed E-state index contributed by atoms with van der Waals surface area (Å²) in [6, 6.07) is -0.872. The van der Waals surface area contributed by atoms with Crippen LogP contribution in [-0.4, -0.2) is 41.8 Å². The summed E-state index contributed by atoms with van der Waals surface area (Å²) in [5.41, 5.74) is 5.44. The van der Waals surface area contributed by atoms with Gasteiger partial charge < -0.3 is 20.9 Å². The second-order valence-corrected chi connectivity index (χ2v) is 4.63. The van der Waals surface area contributed by atoms with Crippen LogP contribution in [0.25, 0.3) is 0 Å². The van der Waals surface area contributed by atoms with Crippen molar-refractivity contribution in [2.45, 2.75) is 44.9 Å². The predicted molar refractivity (Wildman–Crippen MR) is 61.4 cm³/mol. The van der Waals surface area contributed by atoms with Gasteiger partial charge in [0.25, 0.3) is 0 Å². The van der Waals surface area contributed by atoms with Gasteiger partial charge in [0.05, 0.1) is 6.10 Å². The SMILES string of the molecule is CC(C)C(NC(=O)C1CCC(CN)O1)C(=O)O. The second-order valence-electron chi connectivity index (χ2n) is 4.63. The number of nitrogens with two attached hydrogens (primary N) is 1. The molecular formula is C11H20N2O4. The van der Waals surface area contributed by atoms with Crippen molar-refractivity contribution in [1.29, 1.82) is 0 Å². The highest BCUT2D eigenvalue weighted by Crippen LogP contribution is 2.19. The van der Waals surface area contributed by atoms with Gasteiger partial charge in [0.1, 0.15) is 12.1 Å². The smallest absolute Gasteiger partial charge is 0.326 e. The molecule has 0 aromatic rings. The molecule has 3 unspecified atom stereocenters. The molecule has 1 aliphatic heterocycles. The highest BCUT2D eigenvalue weighted by atomic mass is 16.5. The number of rotatable bonds is 5. The average molecular weight is 244 g/mol. The van der Waals surface area contributed by atoms with Crippen molar-refractivity contribution in [3.05, 3.63) is 0 Å². The van der Waals surface area contributed by atoms with E-state index in [1.54, 1.807) is 13.8 Å². The summed E-state index contributed by atoms with van der Waals surface area (Å²) in [4.78, 5) is 22.7. The van der Waals surface area contributed by atoms with Gasteiger partial charge in [-0.3, -0.25) is 4.79 Å². The lowest BCUT2D eigenvalue weighted by Crippen LogP contribution is -2.48. The van der Waals surface area contributed by atoms with Gasteiger partial charge in [-0.05, 0) is 18.8 Å². The van der Waals surface area contributed by atoms with Gasteiger partial charge in [-0.15, -0.1) is 0 Å². The Balaban J connectivity index is 2.51. The van der Waals surface area contributed by atoms with Crippen molar-refractivity contribution < 1.29 is 19.4 Å². The van der Waals surface area contributed by atoms with Gasteiger partial charge in [-0.2, -0.15) is 0 Å². The van der Waals surface area contributed by atoms with E-state index in [0.717, 1.165) is 6.42 Å². The number of carbonyl (C=O) groups excluding carboxylic acids is 1. The zero-order valence-corrected chi connectivity index (χ0v) is 10.2. The lowest BCUT2D eigenvalue weighted by atomic mass is 10.0. The number of ether oxygens (including phenoxy) is 1. The van der Waals surface area contributed by atoms with Crippen LogP contribution >= 0.6 is 0 Å². The third-order valence-electron chi connectivity index (χ3n) is 2.89. The van der Waals surface area contributed by atoms with Gasteiger partial charge >= 0.3 is 5.97 Å². The minimum Gasteiger partial charge on any atom is -0.480 e. The Hall–Kier alpha value is -1.14. The second kappa shape index (κ2) is 5.97. The Kier molecular flexibility index (Phi) is 4.89. The van der Waals surface area contributed by atoms with Gasteiger partial charge in [-0.25, -0.2) is 4.79 Å². The maximum absolute atomic E-state index is 11.8. The topological polar surface area (TPSA) is 102 Å². The summed E-state index contributed by atoms with van der Waals surface area (Å²) in [7, 11) is 0. The lowest BCUT2D eigenvalue weighted by molar-refractivity contribution is -0.145. The normalized spacial score (nSPS) is 25.9. The number of nitrogens with one attached hydrogen (secondary N) is 1. The number of hydrogen-bond donors (Lipinski definition) is 3. The molecule has 0 saturated carbocycles. The first-order valence-corrected chi connectivity index (χ1v) is 5.84. The average Bonchev–Trinajstić information content (AvgIpc) is 2.73. The molecule has 0 bridgehead atoms. The first-order chi connectivity index (χ1) is 7.95. The summed E-state index contributed by atoms with van der Waals surface area (Å²) in [6.07, 6.45) is 0.684. The minimum atomic E-state index is -1.03. The van der Waals surface area contributed by atoms with E-state index in [-0.39, 0.29) is 17.9 Å². The summed E-state index contributed by atoms with van der Waals surface area (Å²) in [5, 5.41) is 11.5. The Morgan fingerprint density at radius 2 is 2.12 bits per heavy atom. The number of carboxylic acid groups (broad SMARTS) is 1. The molecule has 1 aliphatic rings. The van der Waals surface area contributed by atoms with Crippen molar-refractivity contribution in [3.8, 4) is 0 Å². The quantitative estimate of drug-likeness (QED) is 0.617. The van der Waals surface area contributed by atoms with Crippen molar-refractivity contribution in [2.75, 3.05) is 6.54 Å². The molecule has 3 atom stereocenters. The van der Waals surface area contributed by atoms with E-state index in [9.17, 15) is 9.59 Å². The molecule has 6 nitrogen and oxygen atoms in total. The molecular weight excluding hydrogens is 224 g/mol. The molecule has 1 fully saturated rings. The number of amides is 1. The van der Waals surface area contributed by atoms with E-state index in [1.807, 2.05) is 0 Å². The third kappa shape index (κ3) is 3.67. The molecule has 1 amide bonds. The first-order valence-electron chi connectivity index (χ1n) is 5.84. The van der Waals surface area contributed by atoms with Crippen LogP contribution in [0.15, 0.2) is 0 Å². The van der Waals surface area contributed by atoms with Crippen LogP contribution in [0.5, 0.6) is 0 Å². The van der Waals surface area contributed by atoms with Gasteiger partial charge in [0.2, 0.25) is 5.91 Å². The van der Waals surface area contributed by atoms with Crippen molar-refractivity contribution in [1.82, 2.24) is 5.32 Å². The van der Waals surface area contributed by atoms with Gasteiger partial charge in [0.15, 0.2) is 0 Å². The van der Waals surface area contributed by atoms with Crippen LogP contribution in [0, 0.1) is 5.92 Å². The Bertz CT molecular complexity index is 293. The fourth-order valence-corrected chi connectivity index (χ4v) is 1.83. The number of hydrogen-bond acceptors (Lipinski definition) is 4. The molecule has 0 radical (unpaired) electrons. The van der Waals surface area contributed by atoms with Crippen LogP contribution in [0.3, 0.4) is 0 Å². The van der Waals surface area contributed by atoms with Crippen LogP contribution in [-0.2, 0) is 14.3 Å². The highest BCUT2D eigenvalue weighted by molar-refractivity contribution is 5.86. The molecule has 4 N–H and O–H groups in total. The number of carboxylic acids is 1.